The van der Waals surface area contributed by atoms with Gasteiger partial charge in [0.05, 0.1) is 13.2 Å². The lowest BCUT2D eigenvalue weighted by molar-refractivity contribution is 0.190. The van der Waals surface area contributed by atoms with Crippen LogP contribution in [0.25, 0.3) is 11.6 Å². The van der Waals surface area contributed by atoms with Crippen molar-refractivity contribution in [1.29, 1.82) is 0 Å². The van der Waals surface area contributed by atoms with Crippen molar-refractivity contribution in [3.63, 3.8) is 0 Å². The summed E-state index contributed by atoms with van der Waals surface area (Å²) in [5, 5.41) is 7.49. The third-order valence-corrected chi connectivity index (χ3v) is 4.15. The molecule has 0 saturated carbocycles. The van der Waals surface area contributed by atoms with E-state index in [2.05, 4.69) is 27.4 Å². The zero-order chi connectivity index (χ0) is 16.2. The average Bonchev–Trinajstić information content (AvgIpc) is 3.03. The Morgan fingerprint density at radius 3 is 2.87 bits per heavy atom. The first-order chi connectivity index (χ1) is 11.2. The van der Waals surface area contributed by atoms with E-state index in [1.807, 2.05) is 37.3 Å². The molecule has 1 aromatic carbocycles. The number of hydrogen-bond donors (Lipinski definition) is 1. The summed E-state index contributed by atoms with van der Waals surface area (Å²) in [4.78, 5) is 6.76. The van der Waals surface area contributed by atoms with E-state index in [1.165, 1.54) is 0 Å². The third-order valence-electron chi connectivity index (χ3n) is 4.15. The Labute approximate surface area is 136 Å². The molecule has 1 atom stereocenters. The van der Waals surface area contributed by atoms with Gasteiger partial charge < -0.3 is 14.6 Å². The molecule has 0 aliphatic carbocycles. The molecule has 1 fully saturated rings. The Bertz CT molecular complexity index is 678. The molecular formula is C17H22N4O2. The van der Waals surface area contributed by atoms with Gasteiger partial charge >= 0.3 is 0 Å². The molecular weight excluding hydrogens is 292 g/mol. The molecule has 3 rings (SSSR count). The zero-order valence-corrected chi connectivity index (χ0v) is 13.7. The average molecular weight is 314 g/mol. The van der Waals surface area contributed by atoms with E-state index < -0.39 is 0 Å². The number of piperazine rings is 1. The summed E-state index contributed by atoms with van der Waals surface area (Å²) < 4.78 is 10.6. The molecule has 1 unspecified atom stereocenters. The topological polar surface area (TPSA) is 63.4 Å². The van der Waals surface area contributed by atoms with E-state index in [-0.39, 0.29) is 6.04 Å². The predicted octanol–water partition coefficient (Wildman–Crippen LogP) is 2.21. The van der Waals surface area contributed by atoms with Crippen LogP contribution in [0, 0.1) is 0 Å². The van der Waals surface area contributed by atoms with Crippen molar-refractivity contribution >= 4 is 11.6 Å². The molecule has 1 aliphatic heterocycles. The molecule has 23 heavy (non-hydrogen) atoms. The zero-order valence-electron chi connectivity index (χ0n) is 13.7. The quantitative estimate of drug-likeness (QED) is 0.933. The Kier molecular flexibility index (Phi) is 4.73. The van der Waals surface area contributed by atoms with Crippen LogP contribution in [0.2, 0.25) is 0 Å². The van der Waals surface area contributed by atoms with Gasteiger partial charge in [-0.15, -0.1) is 0 Å². The Balaban J connectivity index is 1.76. The Hall–Kier alpha value is -2.18. The SMILES string of the molecule is COc1ccc(/C(C)=C/c2nc(C3CNCCN3C)no2)cc1. The minimum Gasteiger partial charge on any atom is -0.497 e. The Morgan fingerprint density at radius 2 is 2.17 bits per heavy atom. The van der Waals surface area contributed by atoms with Gasteiger partial charge in [0.2, 0.25) is 0 Å². The lowest BCUT2D eigenvalue weighted by Crippen LogP contribution is -2.44. The number of aromatic nitrogens is 2. The second-order valence-corrected chi connectivity index (χ2v) is 5.75. The van der Waals surface area contributed by atoms with Gasteiger partial charge in [-0.25, -0.2) is 0 Å². The molecule has 6 heteroatoms. The van der Waals surface area contributed by atoms with Crippen molar-refractivity contribution < 1.29 is 9.26 Å². The third kappa shape index (κ3) is 3.60. The van der Waals surface area contributed by atoms with Gasteiger partial charge in [0, 0.05) is 25.7 Å². The van der Waals surface area contributed by atoms with Crippen LogP contribution in [0.15, 0.2) is 28.8 Å². The van der Waals surface area contributed by atoms with Gasteiger partial charge in [-0.2, -0.15) is 4.98 Å². The molecule has 0 bridgehead atoms. The van der Waals surface area contributed by atoms with Crippen LogP contribution in [0.3, 0.4) is 0 Å². The van der Waals surface area contributed by atoms with Gasteiger partial charge in [0.1, 0.15) is 5.75 Å². The van der Waals surface area contributed by atoms with Crippen molar-refractivity contribution in [1.82, 2.24) is 20.4 Å². The molecule has 1 aromatic heterocycles. The van der Waals surface area contributed by atoms with E-state index in [4.69, 9.17) is 9.26 Å². The van der Waals surface area contributed by atoms with E-state index >= 15 is 0 Å². The van der Waals surface area contributed by atoms with Crippen LogP contribution in [-0.4, -0.2) is 48.8 Å². The van der Waals surface area contributed by atoms with Crippen molar-refractivity contribution in [2.24, 2.45) is 0 Å². The van der Waals surface area contributed by atoms with Crippen molar-refractivity contribution in [3.8, 4) is 5.75 Å². The fourth-order valence-corrected chi connectivity index (χ4v) is 2.66. The smallest absolute Gasteiger partial charge is 0.250 e. The molecule has 0 radical (unpaired) electrons. The maximum absolute atomic E-state index is 5.39. The maximum atomic E-state index is 5.39. The number of methoxy groups -OCH3 is 1. The van der Waals surface area contributed by atoms with Crippen molar-refractivity contribution in [2.45, 2.75) is 13.0 Å². The van der Waals surface area contributed by atoms with Gasteiger partial charge in [-0.1, -0.05) is 17.3 Å². The van der Waals surface area contributed by atoms with Crippen LogP contribution in [0.5, 0.6) is 5.75 Å². The monoisotopic (exact) mass is 314 g/mol. The summed E-state index contributed by atoms with van der Waals surface area (Å²) in [7, 11) is 3.74. The van der Waals surface area contributed by atoms with Crippen molar-refractivity contribution in [3.05, 3.63) is 41.5 Å². The summed E-state index contributed by atoms with van der Waals surface area (Å²) in [5.74, 6) is 2.11. The summed E-state index contributed by atoms with van der Waals surface area (Å²) in [6.45, 7) is 4.85. The van der Waals surface area contributed by atoms with Gasteiger partial charge in [0.25, 0.3) is 5.89 Å². The number of allylic oxidation sites excluding steroid dienone is 1. The van der Waals surface area contributed by atoms with Crippen molar-refractivity contribution in [2.75, 3.05) is 33.8 Å². The maximum Gasteiger partial charge on any atom is 0.250 e. The molecule has 2 aromatic rings. The fourth-order valence-electron chi connectivity index (χ4n) is 2.66. The molecule has 1 saturated heterocycles. The molecule has 2 heterocycles. The molecule has 0 amide bonds. The highest BCUT2D eigenvalue weighted by molar-refractivity contribution is 5.78. The highest BCUT2D eigenvalue weighted by Gasteiger charge is 2.24. The predicted molar refractivity (Wildman–Crippen MR) is 89.1 cm³/mol. The summed E-state index contributed by atoms with van der Waals surface area (Å²) >= 11 is 0. The van der Waals surface area contributed by atoms with E-state index in [1.54, 1.807) is 7.11 Å². The number of nitrogens with one attached hydrogen (secondary N) is 1. The van der Waals surface area contributed by atoms with Gasteiger partial charge in [-0.05, 0) is 37.2 Å². The number of benzene rings is 1. The number of likely N-dealkylation sites (N-methyl/N-ethyl adjacent to an activating group) is 1. The second kappa shape index (κ2) is 6.93. The molecule has 6 nitrogen and oxygen atoms in total. The van der Waals surface area contributed by atoms with Crippen LogP contribution in [0.1, 0.15) is 30.2 Å². The molecule has 0 spiro atoms. The number of rotatable bonds is 4. The molecule has 1 N–H and O–H groups in total. The lowest BCUT2D eigenvalue weighted by atomic mass is 10.1. The first kappa shape index (κ1) is 15.7. The largest absolute Gasteiger partial charge is 0.497 e. The minimum atomic E-state index is 0.163. The molecule has 122 valence electrons. The van der Waals surface area contributed by atoms with Crippen LogP contribution >= 0.6 is 0 Å². The highest BCUT2D eigenvalue weighted by atomic mass is 16.5. The van der Waals surface area contributed by atoms with Crippen LogP contribution < -0.4 is 10.1 Å². The van der Waals surface area contributed by atoms with Crippen LogP contribution in [-0.2, 0) is 0 Å². The number of ether oxygens (including phenoxy) is 1. The summed E-state index contributed by atoms with van der Waals surface area (Å²) in [6.07, 6.45) is 1.91. The second-order valence-electron chi connectivity index (χ2n) is 5.75. The van der Waals surface area contributed by atoms with Gasteiger partial charge in [-0.3, -0.25) is 4.90 Å². The van der Waals surface area contributed by atoms with Crippen LogP contribution in [0.4, 0.5) is 0 Å². The first-order valence-corrected chi connectivity index (χ1v) is 7.74. The molecule has 1 aliphatic rings. The lowest BCUT2D eigenvalue weighted by Gasteiger charge is -2.30. The van der Waals surface area contributed by atoms with E-state index in [0.29, 0.717) is 5.89 Å². The van der Waals surface area contributed by atoms with Gasteiger partial charge in [0.15, 0.2) is 5.82 Å². The fraction of sp³-hybridized carbons (Fsp3) is 0.412. The van der Waals surface area contributed by atoms with E-state index in [0.717, 1.165) is 42.3 Å². The van der Waals surface area contributed by atoms with E-state index in [9.17, 15) is 0 Å². The number of hydrogen-bond acceptors (Lipinski definition) is 6. The first-order valence-electron chi connectivity index (χ1n) is 7.74. The minimum absolute atomic E-state index is 0.163. The standard InChI is InChI=1S/C17H22N4O2/c1-12(13-4-6-14(22-3)7-5-13)10-16-19-17(20-23-16)15-11-18-8-9-21(15)2/h4-7,10,15,18H,8-9,11H2,1-3H3/b12-10+. The normalized spacial score (nSPS) is 19.8. The Morgan fingerprint density at radius 1 is 1.39 bits per heavy atom. The summed E-state index contributed by atoms with van der Waals surface area (Å²) in [6, 6.07) is 8.07. The highest BCUT2D eigenvalue weighted by Crippen LogP contribution is 2.22. The summed E-state index contributed by atoms with van der Waals surface area (Å²) in [5.41, 5.74) is 2.17. The number of nitrogens with zero attached hydrogens (tertiary/aromatic N) is 3.